The van der Waals surface area contributed by atoms with Gasteiger partial charge in [-0.05, 0) is 62.2 Å². The summed E-state index contributed by atoms with van der Waals surface area (Å²) < 4.78 is 22.3. The van der Waals surface area contributed by atoms with Gasteiger partial charge >= 0.3 is 0 Å². The van der Waals surface area contributed by atoms with Gasteiger partial charge in [0.25, 0.3) is 5.91 Å². The number of anilines is 1. The molecule has 176 valence electrons. The monoisotopic (exact) mass is 501 g/mol. The van der Waals surface area contributed by atoms with Crippen molar-refractivity contribution in [2.24, 2.45) is 0 Å². The fraction of sp³-hybridized carbons (Fsp3) is 0.208. The number of rotatable bonds is 7. The predicted molar refractivity (Wildman–Crippen MR) is 129 cm³/mol. The fourth-order valence-corrected chi connectivity index (χ4v) is 3.83. The van der Waals surface area contributed by atoms with Crippen LogP contribution in [-0.2, 0) is 13.3 Å². The Morgan fingerprint density at radius 3 is 2.62 bits per heavy atom. The van der Waals surface area contributed by atoms with Crippen LogP contribution in [-0.4, -0.2) is 25.5 Å². The highest BCUT2D eigenvalue weighted by Crippen LogP contribution is 2.26. The van der Waals surface area contributed by atoms with Gasteiger partial charge in [-0.2, -0.15) is 10.2 Å². The normalized spacial score (nSPS) is 11.0. The number of hydrogen-bond acceptors (Lipinski definition) is 4. The van der Waals surface area contributed by atoms with Crippen LogP contribution in [0, 0.1) is 26.6 Å². The van der Waals surface area contributed by atoms with E-state index < -0.39 is 5.82 Å². The zero-order valence-electron chi connectivity index (χ0n) is 18.8. The topological polar surface area (TPSA) is 74.0 Å². The van der Waals surface area contributed by atoms with Crippen molar-refractivity contribution < 1.29 is 13.9 Å². The first-order valence-corrected chi connectivity index (χ1v) is 11.2. The van der Waals surface area contributed by atoms with E-state index in [1.54, 1.807) is 36.0 Å². The van der Waals surface area contributed by atoms with Gasteiger partial charge in [-0.3, -0.25) is 9.48 Å². The van der Waals surface area contributed by atoms with Crippen molar-refractivity contribution in [2.45, 2.75) is 34.0 Å². The highest BCUT2D eigenvalue weighted by Gasteiger charge is 2.18. The molecular weight excluding hydrogens is 480 g/mol. The van der Waals surface area contributed by atoms with E-state index in [4.69, 9.17) is 27.9 Å². The summed E-state index contributed by atoms with van der Waals surface area (Å²) in [4.78, 5) is 12.8. The number of hydrogen-bond donors (Lipinski definition) is 1. The minimum absolute atomic E-state index is 0.102. The van der Waals surface area contributed by atoms with Crippen LogP contribution in [0.2, 0.25) is 10.0 Å². The molecule has 1 N–H and O–H groups in total. The average molecular weight is 502 g/mol. The number of carbonyl (C=O) groups excluding carboxylic acids is 1. The third kappa shape index (κ3) is 5.24. The highest BCUT2D eigenvalue weighted by molar-refractivity contribution is 6.32. The van der Waals surface area contributed by atoms with Crippen LogP contribution in [0.25, 0.3) is 0 Å². The molecule has 1 amide bonds. The zero-order valence-corrected chi connectivity index (χ0v) is 20.3. The van der Waals surface area contributed by atoms with Crippen molar-refractivity contribution in [3.8, 4) is 5.75 Å². The molecule has 0 spiro atoms. The molecule has 0 fully saturated rings. The summed E-state index contributed by atoms with van der Waals surface area (Å²) in [6, 6.07) is 11.3. The third-order valence-corrected chi connectivity index (χ3v) is 5.93. The highest BCUT2D eigenvalue weighted by atomic mass is 35.5. The molecule has 0 saturated heterocycles. The maximum absolute atomic E-state index is 13.3. The molecule has 0 bridgehead atoms. The predicted octanol–water partition coefficient (Wildman–Crippen LogP) is 5.79. The molecular formula is C24H22Cl2FN5O2. The minimum Gasteiger partial charge on any atom is -0.470 e. The number of aromatic nitrogens is 4. The van der Waals surface area contributed by atoms with Crippen molar-refractivity contribution in [2.75, 3.05) is 5.32 Å². The molecule has 2 aromatic heterocycles. The Balaban J connectivity index is 1.44. The number of amides is 1. The van der Waals surface area contributed by atoms with E-state index in [0.717, 1.165) is 16.8 Å². The lowest BCUT2D eigenvalue weighted by atomic mass is 10.2. The molecule has 0 aliphatic rings. The van der Waals surface area contributed by atoms with Crippen molar-refractivity contribution in [3.63, 3.8) is 0 Å². The quantitative estimate of drug-likeness (QED) is 0.347. The lowest BCUT2D eigenvalue weighted by Gasteiger charge is -2.09. The molecule has 4 rings (SSSR count). The van der Waals surface area contributed by atoms with Gasteiger partial charge in [0.1, 0.15) is 11.6 Å². The van der Waals surface area contributed by atoms with E-state index in [1.165, 1.54) is 16.8 Å². The SMILES string of the molecule is Cc1ccc(Cl)c(OCn2ccc(C(=O)Nc3c(C)nn(Cc4ccc(F)cc4Cl)c3C)n2)c1. The Kier molecular flexibility index (Phi) is 6.90. The maximum Gasteiger partial charge on any atom is 0.276 e. The standard InChI is InChI=1S/C24H22Cl2FN5O2/c1-14-4-7-19(25)22(10-14)34-13-31-9-8-21(30-31)24(33)28-23-15(2)29-32(16(23)3)12-17-5-6-18(27)11-20(17)26/h4-11H,12-13H2,1-3H3,(H,28,33). The van der Waals surface area contributed by atoms with Crippen LogP contribution in [0.3, 0.4) is 0 Å². The Labute approximate surface area is 206 Å². The van der Waals surface area contributed by atoms with Gasteiger partial charge in [0.2, 0.25) is 0 Å². The van der Waals surface area contributed by atoms with Crippen molar-refractivity contribution in [1.82, 2.24) is 19.6 Å². The fourth-order valence-electron chi connectivity index (χ4n) is 3.43. The van der Waals surface area contributed by atoms with Gasteiger partial charge in [-0.25, -0.2) is 9.07 Å². The molecule has 4 aromatic rings. The van der Waals surface area contributed by atoms with Gasteiger partial charge in [-0.1, -0.05) is 35.3 Å². The van der Waals surface area contributed by atoms with Gasteiger partial charge in [-0.15, -0.1) is 0 Å². The second-order valence-corrected chi connectivity index (χ2v) is 8.66. The number of halogens is 3. The van der Waals surface area contributed by atoms with E-state index in [9.17, 15) is 9.18 Å². The second-order valence-electron chi connectivity index (χ2n) is 7.84. The molecule has 0 aliphatic carbocycles. The first-order valence-electron chi connectivity index (χ1n) is 10.4. The Bertz CT molecular complexity index is 1370. The number of benzene rings is 2. The van der Waals surface area contributed by atoms with Gasteiger partial charge in [0, 0.05) is 11.2 Å². The molecule has 0 saturated carbocycles. The lowest BCUT2D eigenvalue weighted by Crippen LogP contribution is -2.15. The number of ether oxygens (including phenoxy) is 1. The number of nitrogens with one attached hydrogen (secondary N) is 1. The maximum atomic E-state index is 13.3. The molecule has 10 heteroatoms. The van der Waals surface area contributed by atoms with Crippen molar-refractivity contribution in [1.29, 1.82) is 0 Å². The zero-order chi connectivity index (χ0) is 24.4. The van der Waals surface area contributed by atoms with E-state index in [0.29, 0.717) is 33.7 Å². The Morgan fingerprint density at radius 2 is 1.85 bits per heavy atom. The summed E-state index contributed by atoms with van der Waals surface area (Å²) in [5.41, 5.74) is 3.93. The van der Waals surface area contributed by atoms with Crippen LogP contribution in [0.4, 0.5) is 10.1 Å². The minimum atomic E-state index is -0.401. The smallest absolute Gasteiger partial charge is 0.276 e. The first kappa shape index (κ1) is 23.8. The van der Waals surface area contributed by atoms with Crippen LogP contribution in [0.15, 0.2) is 48.7 Å². The summed E-state index contributed by atoms with van der Waals surface area (Å²) in [7, 11) is 0. The van der Waals surface area contributed by atoms with E-state index >= 15 is 0 Å². The summed E-state index contributed by atoms with van der Waals surface area (Å²) in [6.45, 7) is 6.02. The largest absolute Gasteiger partial charge is 0.470 e. The van der Waals surface area contributed by atoms with Crippen molar-refractivity contribution in [3.05, 3.63) is 92.7 Å². The van der Waals surface area contributed by atoms with E-state index in [1.807, 2.05) is 26.0 Å². The van der Waals surface area contributed by atoms with Crippen LogP contribution in [0.1, 0.15) is 33.0 Å². The summed E-state index contributed by atoms with van der Waals surface area (Å²) >= 11 is 12.3. The van der Waals surface area contributed by atoms with Gasteiger partial charge in [0.05, 0.1) is 28.6 Å². The summed E-state index contributed by atoms with van der Waals surface area (Å²) in [5, 5.41) is 12.5. The van der Waals surface area contributed by atoms with Crippen LogP contribution < -0.4 is 10.1 Å². The van der Waals surface area contributed by atoms with Crippen molar-refractivity contribution >= 4 is 34.8 Å². The molecule has 7 nitrogen and oxygen atoms in total. The van der Waals surface area contributed by atoms with Crippen LogP contribution in [0.5, 0.6) is 5.75 Å². The molecule has 0 unspecified atom stereocenters. The summed E-state index contributed by atoms with van der Waals surface area (Å²) in [5.74, 6) is -0.233. The second kappa shape index (κ2) is 9.87. The molecule has 0 aliphatic heterocycles. The van der Waals surface area contributed by atoms with E-state index in [2.05, 4.69) is 15.5 Å². The molecule has 0 atom stereocenters. The Morgan fingerprint density at radius 1 is 1.06 bits per heavy atom. The number of carbonyl (C=O) groups is 1. The number of aryl methyl sites for hydroxylation is 2. The van der Waals surface area contributed by atoms with Gasteiger partial charge in [0.15, 0.2) is 12.4 Å². The molecule has 2 aromatic carbocycles. The molecule has 2 heterocycles. The average Bonchev–Trinajstić information content (AvgIpc) is 3.37. The number of nitrogens with zero attached hydrogens (tertiary/aromatic N) is 4. The first-order chi connectivity index (χ1) is 16.2. The summed E-state index contributed by atoms with van der Waals surface area (Å²) in [6.07, 6.45) is 1.65. The van der Waals surface area contributed by atoms with E-state index in [-0.39, 0.29) is 18.3 Å². The lowest BCUT2D eigenvalue weighted by molar-refractivity contribution is 0.102. The van der Waals surface area contributed by atoms with Crippen LogP contribution >= 0.6 is 23.2 Å². The van der Waals surface area contributed by atoms with Gasteiger partial charge < -0.3 is 10.1 Å². The molecule has 34 heavy (non-hydrogen) atoms. The third-order valence-electron chi connectivity index (χ3n) is 5.27. The Hall–Kier alpha value is -3.36. The molecule has 0 radical (unpaired) electrons.